The summed E-state index contributed by atoms with van der Waals surface area (Å²) in [4.78, 5) is 10.0. The molecule has 3 heterocycles. The molecule has 0 aliphatic heterocycles. The van der Waals surface area contributed by atoms with E-state index in [1.54, 1.807) is 23.7 Å². The van der Waals surface area contributed by atoms with E-state index in [4.69, 9.17) is 10.2 Å². The van der Waals surface area contributed by atoms with Crippen LogP contribution in [0.3, 0.4) is 0 Å². The number of thiophene rings is 1. The minimum Gasteiger partial charge on any atom is -0.411 e. The Labute approximate surface area is 153 Å². The molecule has 128 valence electrons. The summed E-state index contributed by atoms with van der Waals surface area (Å²) in [6.07, 6.45) is 7.08. The minimum absolute atomic E-state index is 0.756. The van der Waals surface area contributed by atoms with Crippen LogP contribution in [-0.4, -0.2) is 25.3 Å². The van der Waals surface area contributed by atoms with E-state index in [-0.39, 0.29) is 0 Å². The number of aromatic nitrogens is 3. The van der Waals surface area contributed by atoms with Crippen LogP contribution in [0.2, 0.25) is 0 Å². The average Bonchev–Trinajstić information content (AvgIpc) is 3.40. The molecule has 0 spiro atoms. The molecule has 1 aliphatic carbocycles. The average molecular weight is 361 g/mol. The third-order valence-corrected chi connectivity index (χ3v) is 5.49. The summed E-state index contributed by atoms with van der Waals surface area (Å²) in [5.74, 6) is 0.916. The second-order valence-corrected chi connectivity index (χ2v) is 7.08. The SMILES string of the molecule is O/N=C1\CCc2cc(Nc3c(-c4cccs4)nc4cnccn34)ccc21. The van der Waals surface area contributed by atoms with Gasteiger partial charge in [0, 0.05) is 23.6 Å². The quantitative estimate of drug-likeness (QED) is 0.421. The van der Waals surface area contributed by atoms with Crippen LogP contribution in [-0.2, 0) is 6.42 Å². The first kappa shape index (κ1) is 15.1. The summed E-state index contributed by atoms with van der Waals surface area (Å²) < 4.78 is 2.01. The van der Waals surface area contributed by atoms with Crippen molar-refractivity contribution in [3.05, 3.63) is 65.4 Å². The number of anilines is 2. The predicted molar refractivity (Wildman–Crippen MR) is 103 cm³/mol. The van der Waals surface area contributed by atoms with Gasteiger partial charge in [-0.2, -0.15) is 0 Å². The monoisotopic (exact) mass is 361 g/mol. The molecule has 0 fully saturated rings. The van der Waals surface area contributed by atoms with Gasteiger partial charge >= 0.3 is 0 Å². The van der Waals surface area contributed by atoms with Gasteiger partial charge in [0.05, 0.1) is 16.8 Å². The second kappa shape index (κ2) is 5.96. The topological polar surface area (TPSA) is 74.8 Å². The van der Waals surface area contributed by atoms with E-state index >= 15 is 0 Å². The summed E-state index contributed by atoms with van der Waals surface area (Å²) in [6, 6.07) is 10.2. The Morgan fingerprint density at radius 2 is 2.19 bits per heavy atom. The number of benzene rings is 1. The van der Waals surface area contributed by atoms with Gasteiger partial charge in [0.25, 0.3) is 0 Å². The van der Waals surface area contributed by atoms with Crippen molar-refractivity contribution >= 4 is 34.2 Å². The van der Waals surface area contributed by atoms with Crippen LogP contribution in [0.25, 0.3) is 16.2 Å². The van der Waals surface area contributed by atoms with Crippen LogP contribution < -0.4 is 5.32 Å². The first-order valence-electron chi connectivity index (χ1n) is 8.30. The molecule has 0 saturated heterocycles. The summed E-state index contributed by atoms with van der Waals surface area (Å²) in [6.45, 7) is 0. The fourth-order valence-corrected chi connectivity index (χ4v) is 4.11. The van der Waals surface area contributed by atoms with E-state index in [2.05, 4.69) is 27.6 Å². The van der Waals surface area contributed by atoms with Crippen molar-refractivity contribution in [1.82, 2.24) is 14.4 Å². The number of hydrogen-bond donors (Lipinski definition) is 2. The molecule has 4 aromatic rings. The molecule has 0 atom stereocenters. The summed E-state index contributed by atoms with van der Waals surface area (Å²) in [7, 11) is 0. The molecule has 1 aliphatic rings. The lowest BCUT2D eigenvalue weighted by Crippen LogP contribution is -1.99. The van der Waals surface area contributed by atoms with E-state index in [1.165, 1.54) is 5.56 Å². The van der Waals surface area contributed by atoms with Gasteiger partial charge in [0.15, 0.2) is 5.65 Å². The molecule has 7 heteroatoms. The van der Waals surface area contributed by atoms with E-state index in [1.807, 2.05) is 34.2 Å². The van der Waals surface area contributed by atoms with Gasteiger partial charge < -0.3 is 10.5 Å². The Morgan fingerprint density at radius 1 is 1.23 bits per heavy atom. The van der Waals surface area contributed by atoms with Gasteiger partial charge in [-0.1, -0.05) is 17.3 Å². The van der Waals surface area contributed by atoms with Crippen molar-refractivity contribution in [1.29, 1.82) is 0 Å². The zero-order valence-electron chi connectivity index (χ0n) is 13.8. The maximum Gasteiger partial charge on any atom is 0.157 e. The van der Waals surface area contributed by atoms with Crippen molar-refractivity contribution in [2.45, 2.75) is 12.8 Å². The van der Waals surface area contributed by atoms with Crippen molar-refractivity contribution in [2.24, 2.45) is 5.16 Å². The maximum absolute atomic E-state index is 9.11. The molecule has 2 N–H and O–H groups in total. The van der Waals surface area contributed by atoms with Crippen LogP contribution in [0.1, 0.15) is 17.5 Å². The van der Waals surface area contributed by atoms with E-state index in [0.717, 1.165) is 51.8 Å². The van der Waals surface area contributed by atoms with Gasteiger partial charge in [0.2, 0.25) is 0 Å². The van der Waals surface area contributed by atoms with Crippen molar-refractivity contribution < 1.29 is 5.21 Å². The molecule has 1 aromatic carbocycles. The molecule has 0 saturated carbocycles. The first-order chi connectivity index (χ1) is 12.8. The molecule has 0 bridgehead atoms. The standard InChI is InChI=1S/C19H15N5OS/c25-23-15-6-3-12-10-13(4-5-14(12)15)21-19-18(16-2-1-9-26-16)22-17-11-20-7-8-24(17)19/h1-2,4-5,7-11,21,25H,3,6H2/b23-15+. The van der Waals surface area contributed by atoms with Crippen LogP contribution in [0, 0.1) is 0 Å². The van der Waals surface area contributed by atoms with Gasteiger partial charge in [-0.25, -0.2) is 4.98 Å². The van der Waals surface area contributed by atoms with E-state index in [9.17, 15) is 0 Å². The normalized spacial score (nSPS) is 14.8. The Balaban J connectivity index is 1.61. The van der Waals surface area contributed by atoms with Crippen LogP contribution in [0.15, 0.2) is 59.5 Å². The second-order valence-electron chi connectivity index (χ2n) is 6.13. The van der Waals surface area contributed by atoms with Crippen molar-refractivity contribution in [3.8, 4) is 10.6 Å². The highest BCUT2D eigenvalue weighted by molar-refractivity contribution is 7.13. The molecular weight excluding hydrogens is 346 g/mol. The summed E-state index contributed by atoms with van der Waals surface area (Å²) >= 11 is 1.66. The number of rotatable bonds is 3. The fourth-order valence-electron chi connectivity index (χ4n) is 3.40. The van der Waals surface area contributed by atoms with Crippen molar-refractivity contribution in [3.63, 3.8) is 0 Å². The number of hydrogen-bond acceptors (Lipinski definition) is 6. The largest absolute Gasteiger partial charge is 0.411 e. The Kier molecular flexibility index (Phi) is 3.46. The molecular formula is C19H15N5OS. The number of nitrogens with zero attached hydrogens (tertiary/aromatic N) is 4. The number of imidazole rings is 1. The molecule has 0 amide bonds. The van der Waals surface area contributed by atoms with Gasteiger partial charge in [-0.15, -0.1) is 11.3 Å². The number of fused-ring (bicyclic) bond motifs is 2. The highest BCUT2D eigenvalue weighted by Gasteiger charge is 2.20. The van der Waals surface area contributed by atoms with Gasteiger partial charge in [-0.05, 0) is 42.0 Å². The highest BCUT2D eigenvalue weighted by Crippen LogP contribution is 2.34. The molecule has 5 rings (SSSR count). The first-order valence-corrected chi connectivity index (χ1v) is 9.18. The number of aryl methyl sites for hydroxylation is 1. The minimum atomic E-state index is 0.756. The number of nitrogens with one attached hydrogen (secondary N) is 1. The van der Waals surface area contributed by atoms with Crippen molar-refractivity contribution in [2.75, 3.05) is 5.32 Å². The molecule has 0 unspecified atom stereocenters. The zero-order chi connectivity index (χ0) is 17.5. The summed E-state index contributed by atoms with van der Waals surface area (Å²) in [5, 5.41) is 18.1. The lowest BCUT2D eigenvalue weighted by atomic mass is 10.1. The lowest BCUT2D eigenvalue weighted by molar-refractivity contribution is 0.318. The van der Waals surface area contributed by atoms with Crippen LogP contribution >= 0.6 is 11.3 Å². The Bertz CT molecular complexity index is 1130. The highest BCUT2D eigenvalue weighted by atomic mass is 32.1. The maximum atomic E-state index is 9.11. The van der Waals surface area contributed by atoms with E-state index in [0.29, 0.717) is 0 Å². The van der Waals surface area contributed by atoms with Crippen LogP contribution in [0.4, 0.5) is 11.5 Å². The van der Waals surface area contributed by atoms with Gasteiger partial charge in [0.1, 0.15) is 11.5 Å². The van der Waals surface area contributed by atoms with E-state index < -0.39 is 0 Å². The smallest absolute Gasteiger partial charge is 0.157 e. The number of oxime groups is 1. The molecule has 26 heavy (non-hydrogen) atoms. The third-order valence-electron chi connectivity index (χ3n) is 4.62. The zero-order valence-corrected chi connectivity index (χ0v) is 14.6. The molecule has 0 radical (unpaired) electrons. The summed E-state index contributed by atoms with van der Waals surface area (Å²) in [5.41, 5.74) is 5.67. The fraction of sp³-hybridized carbons (Fsp3) is 0.105. The Hall–Kier alpha value is -3.19. The Morgan fingerprint density at radius 3 is 3.04 bits per heavy atom. The third kappa shape index (κ3) is 2.36. The van der Waals surface area contributed by atoms with Gasteiger partial charge in [-0.3, -0.25) is 9.38 Å². The molecule has 6 nitrogen and oxygen atoms in total. The van der Waals surface area contributed by atoms with Crippen LogP contribution in [0.5, 0.6) is 0 Å². The lowest BCUT2D eigenvalue weighted by Gasteiger charge is -2.10. The molecule has 3 aromatic heterocycles. The predicted octanol–water partition coefficient (Wildman–Crippen LogP) is 4.33.